The molecule has 0 fully saturated rings. The van der Waals surface area contributed by atoms with Crippen molar-refractivity contribution in [1.82, 2.24) is 15.1 Å². The maximum Gasteiger partial charge on any atom is 0.231 e. The normalized spacial score (nSPS) is 12.9. The van der Waals surface area contributed by atoms with E-state index in [1.54, 1.807) is 17.5 Å². The molecule has 0 aromatic carbocycles. The van der Waals surface area contributed by atoms with E-state index in [2.05, 4.69) is 22.0 Å². The third kappa shape index (κ3) is 2.44. The van der Waals surface area contributed by atoms with E-state index in [4.69, 9.17) is 10.3 Å². The molecule has 3 aromatic rings. The average Bonchev–Trinajstić information content (AvgIpc) is 3.12. The lowest BCUT2D eigenvalue weighted by atomic mass is 10.0. The minimum atomic E-state index is 0.139. The van der Waals surface area contributed by atoms with E-state index in [9.17, 15) is 0 Å². The molecule has 0 amide bonds. The van der Waals surface area contributed by atoms with Crippen LogP contribution in [-0.4, -0.2) is 21.7 Å². The summed E-state index contributed by atoms with van der Waals surface area (Å²) in [5.74, 6) is 1.34. The summed E-state index contributed by atoms with van der Waals surface area (Å²) in [7, 11) is 0. The molecule has 0 aliphatic carbocycles. The summed E-state index contributed by atoms with van der Waals surface area (Å²) >= 11 is 1.65. The molecular weight excluding hydrogens is 272 g/mol. The van der Waals surface area contributed by atoms with Gasteiger partial charge in [0.1, 0.15) is 0 Å². The fourth-order valence-electron chi connectivity index (χ4n) is 2.18. The number of thiophene rings is 1. The van der Waals surface area contributed by atoms with E-state index in [-0.39, 0.29) is 5.92 Å². The minimum Gasteiger partial charge on any atom is -0.339 e. The molecule has 0 aliphatic heterocycles. The van der Waals surface area contributed by atoms with Crippen LogP contribution in [0.2, 0.25) is 0 Å². The zero-order valence-corrected chi connectivity index (χ0v) is 12.1. The van der Waals surface area contributed by atoms with Crippen LogP contribution in [-0.2, 0) is 0 Å². The van der Waals surface area contributed by atoms with Crippen LogP contribution in [0.25, 0.3) is 21.6 Å². The Balaban J connectivity index is 1.92. The molecule has 0 spiro atoms. The monoisotopic (exact) mass is 288 g/mol. The summed E-state index contributed by atoms with van der Waals surface area (Å²) < 4.78 is 6.48. The summed E-state index contributed by atoms with van der Waals surface area (Å²) in [4.78, 5) is 8.86. The van der Waals surface area contributed by atoms with E-state index < -0.39 is 0 Å². The van der Waals surface area contributed by atoms with Crippen molar-refractivity contribution in [2.45, 2.75) is 25.7 Å². The Bertz CT molecular complexity index is 706. The Morgan fingerprint density at radius 3 is 3.15 bits per heavy atom. The zero-order valence-electron chi connectivity index (χ0n) is 11.2. The number of pyridine rings is 1. The lowest BCUT2D eigenvalue weighted by molar-refractivity contribution is 0.347. The van der Waals surface area contributed by atoms with Gasteiger partial charge in [0.05, 0.1) is 16.1 Å². The Morgan fingerprint density at radius 2 is 2.35 bits per heavy atom. The van der Waals surface area contributed by atoms with E-state index in [0.29, 0.717) is 18.3 Å². The third-order valence-corrected chi connectivity index (χ3v) is 4.13. The van der Waals surface area contributed by atoms with Gasteiger partial charge in [-0.05, 0) is 23.9 Å². The van der Waals surface area contributed by atoms with Crippen LogP contribution in [0.3, 0.4) is 0 Å². The molecule has 104 valence electrons. The highest BCUT2D eigenvalue weighted by molar-refractivity contribution is 7.17. The molecule has 20 heavy (non-hydrogen) atoms. The van der Waals surface area contributed by atoms with Crippen LogP contribution in [0.5, 0.6) is 0 Å². The molecule has 3 aromatic heterocycles. The van der Waals surface area contributed by atoms with Crippen molar-refractivity contribution < 1.29 is 4.52 Å². The summed E-state index contributed by atoms with van der Waals surface area (Å²) in [6.45, 7) is 2.65. The van der Waals surface area contributed by atoms with Gasteiger partial charge in [-0.2, -0.15) is 4.98 Å². The first-order valence-electron chi connectivity index (χ1n) is 6.69. The maximum atomic E-state index is 5.76. The number of hydrogen-bond donors (Lipinski definition) is 1. The molecule has 3 rings (SSSR count). The van der Waals surface area contributed by atoms with Gasteiger partial charge in [-0.1, -0.05) is 18.5 Å². The predicted molar refractivity (Wildman–Crippen MR) is 79.6 cm³/mol. The van der Waals surface area contributed by atoms with E-state index in [1.165, 1.54) is 0 Å². The second kappa shape index (κ2) is 5.68. The highest BCUT2D eigenvalue weighted by atomic mass is 32.1. The molecule has 0 aliphatic rings. The molecule has 0 saturated carbocycles. The van der Waals surface area contributed by atoms with Gasteiger partial charge in [-0.15, -0.1) is 11.3 Å². The highest BCUT2D eigenvalue weighted by Gasteiger charge is 2.17. The summed E-state index contributed by atoms with van der Waals surface area (Å²) in [5, 5.41) is 6.07. The van der Waals surface area contributed by atoms with Crippen molar-refractivity contribution in [1.29, 1.82) is 0 Å². The van der Waals surface area contributed by atoms with Crippen LogP contribution >= 0.6 is 11.3 Å². The van der Waals surface area contributed by atoms with Crippen LogP contribution in [0.15, 0.2) is 28.2 Å². The number of fused-ring (bicyclic) bond motifs is 1. The molecule has 0 radical (unpaired) electrons. The van der Waals surface area contributed by atoms with Gasteiger partial charge in [0.2, 0.25) is 11.7 Å². The lowest BCUT2D eigenvalue weighted by Gasteiger charge is -2.06. The topological polar surface area (TPSA) is 77.8 Å². The van der Waals surface area contributed by atoms with Gasteiger partial charge in [-0.25, -0.2) is 0 Å². The first kappa shape index (κ1) is 13.2. The van der Waals surface area contributed by atoms with Crippen LogP contribution in [0.1, 0.15) is 31.6 Å². The number of nitrogens with two attached hydrogens (primary N) is 1. The Labute approximate surface area is 120 Å². The van der Waals surface area contributed by atoms with Gasteiger partial charge >= 0.3 is 0 Å². The molecule has 5 nitrogen and oxygen atoms in total. The number of hydrogen-bond acceptors (Lipinski definition) is 6. The van der Waals surface area contributed by atoms with Crippen LogP contribution in [0, 0.1) is 0 Å². The third-order valence-electron chi connectivity index (χ3n) is 3.27. The van der Waals surface area contributed by atoms with Gasteiger partial charge in [0, 0.05) is 18.3 Å². The molecule has 2 N–H and O–H groups in total. The Hall–Kier alpha value is -1.79. The fourth-order valence-corrected chi connectivity index (χ4v) is 2.96. The largest absolute Gasteiger partial charge is 0.339 e. The second-order valence-corrected chi connectivity index (χ2v) is 5.65. The van der Waals surface area contributed by atoms with Crippen molar-refractivity contribution in [2.24, 2.45) is 5.73 Å². The van der Waals surface area contributed by atoms with Crippen molar-refractivity contribution in [3.63, 3.8) is 0 Å². The standard InChI is InChI=1S/C14H16N4OS/c1-2-3-9(7-15)14-17-13(18-19-14)10-6-12-11(16-8-10)4-5-20-12/h4-6,8-9H,2-3,7,15H2,1H3. The van der Waals surface area contributed by atoms with Gasteiger partial charge in [0.15, 0.2) is 0 Å². The summed E-state index contributed by atoms with van der Waals surface area (Å²) in [6.07, 6.45) is 3.78. The number of nitrogens with zero attached hydrogens (tertiary/aromatic N) is 3. The molecule has 6 heteroatoms. The van der Waals surface area contributed by atoms with Crippen molar-refractivity contribution >= 4 is 21.6 Å². The zero-order chi connectivity index (χ0) is 13.9. The maximum absolute atomic E-state index is 5.76. The SMILES string of the molecule is CCCC(CN)c1nc(-c2cnc3ccsc3c2)no1. The summed E-state index contributed by atoms with van der Waals surface area (Å²) in [5.41, 5.74) is 7.63. The van der Waals surface area contributed by atoms with Gasteiger partial charge in [-0.3, -0.25) is 4.98 Å². The van der Waals surface area contributed by atoms with E-state index in [0.717, 1.165) is 28.6 Å². The molecular formula is C14H16N4OS. The molecule has 1 atom stereocenters. The van der Waals surface area contributed by atoms with Crippen molar-refractivity contribution in [3.8, 4) is 11.4 Å². The molecule has 1 unspecified atom stereocenters. The summed E-state index contributed by atoms with van der Waals surface area (Å²) in [6, 6.07) is 4.04. The first-order chi connectivity index (χ1) is 9.81. The van der Waals surface area contributed by atoms with E-state index in [1.807, 2.05) is 17.5 Å². The van der Waals surface area contributed by atoms with Gasteiger partial charge in [0.25, 0.3) is 0 Å². The minimum absolute atomic E-state index is 0.139. The van der Waals surface area contributed by atoms with Crippen molar-refractivity contribution in [3.05, 3.63) is 29.6 Å². The number of aromatic nitrogens is 3. The molecule has 0 saturated heterocycles. The van der Waals surface area contributed by atoms with Crippen LogP contribution in [0.4, 0.5) is 0 Å². The fraction of sp³-hybridized carbons (Fsp3) is 0.357. The van der Waals surface area contributed by atoms with Crippen LogP contribution < -0.4 is 5.73 Å². The highest BCUT2D eigenvalue weighted by Crippen LogP contribution is 2.26. The first-order valence-corrected chi connectivity index (χ1v) is 7.57. The molecule has 3 heterocycles. The number of rotatable bonds is 5. The predicted octanol–water partition coefficient (Wildman–Crippen LogP) is 3.19. The Kier molecular flexibility index (Phi) is 3.75. The second-order valence-electron chi connectivity index (χ2n) is 4.71. The Morgan fingerprint density at radius 1 is 1.45 bits per heavy atom. The smallest absolute Gasteiger partial charge is 0.231 e. The molecule has 0 bridgehead atoms. The van der Waals surface area contributed by atoms with E-state index >= 15 is 0 Å². The quantitative estimate of drug-likeness (QED) is 0.780. The average molecular weight is 288 g/mol. The van der Waals surface area contributed by atoms with Crippen molar-refractivity contribution in [2.75, 3.05) is 6.54 Å². The lowest BCUT2D eigenvalue weighted by Crippen LogP contribution is -2.12. The van der Waals surface area contributed by atoms with Gasteiger partial charge < -0.3 is 10.3 Å².